The molecule has 3 nitrogen and oxygen atoms in total. The molecule has 0 atom stereocenters. The second-order valence-corrected chi connectivity index (χ2v) is 13.8. The van der Waals surface area contributed by atoms with Crippen molar-refractivity contribution in [2.24, 2.45) is 0 Å². The Hall–Kier alpha value is -1.94. The number of benzene rings is 1. The van der Waals surface area contributed by atoms with Gasteiger partial charge in [0.25, 0.3) is 0 Å². The maximum Gasteiger partial charge on any atom is 0.187 e. The summed E-state index contributed by atoms with van der Waals surface area (Å²) in [5.74, 6) is -0.224. The predicted molar refractivity (Wildman–Crippen MR) is 105 cm³/mol. The van der Waals surface area contributed by atoms with Gasteiger partial charge in [-0.25, -0.2) is 0 Å². The van der Waals surface area contributed by atoms with Gasteiger partial charge in [0.15, 0.2) is 11.6 Å². The first-order valence-corrected chi connectivity index (χ1v) is 11.3. The fraction of sp³-hybridized carbons (Fsp3) is 0.429. The highest BCUT2D eigenvalue weighted by Gasteiger charge is 2.47. The number of rotatable bonds is 4. The molecule has 2 aromatic rings. The minimum Gasteiger partial charge on any atom is -0.466 e. The summed E-state index contributed by atoms with van der Waals surface area (Å²) in [6, 6.07) is 5.62. The molecular formula is C21H26O3Si. The lowest BCUT2D eigenvalue weighted by molar-refractivity contribution is 0.0995. The van der Waals surface area contributed by atoms with E-state index in [1.807, 2.05) is 6.07 Å². The zero-order valence-electron chi connectivity index (χ0n) is 15.8. The van der Waals surface area contributed by atoms with E-state index in [9.17, 15) is 9.59 Å². The molecule has 1 heterocycles. The van der Waals surface area contributed by atoms with Gasteiger partial charge in [0.2, 0.25) is 0 Å². The number of carbonyl (C=O) groups excluding carboxylic acids is 2. The van der Waals surface area contributed by atoms with Crippen molar-refractivity contribution >= 4 is 36.0 Å². The Balaban J connectivity index is 2.32. The van der Waals surface area contributed by atoms with Crippen LogP contribution in [0.15, 0.2) is 34.8 Å². The lowest BCUT2D eigenvalue weighted by atomic mass is 9.92. The van der Waals surface area contributed by atoms with E-state index in [2.05, 4.69) is 47.6 Å². The Morgan fingerprint density at radius 2 is 1.40 bits per heavy atom. The second-order valence-electron chi connectivity index (χ2n) is 7.97. The summed E-state index contributed by atoms with van der Waals surface area (Å²) in [5, 5.41) is 1.83. The third-order valence-corrected chi connectivity index (χ3v) is 12.7. The highest BCUT2D eigenvalue weighted by Crippen LogP contribution is 2.42. The quantitative estimate of drug-likeness (QED) is 0.704. The molecule has 0 saturated carbocycles. The van der Waals surface area contributed by atoms with Crippen LogP contribution in [0.1, 0.15) is 62.3 Å². The molecule has 0 aliphatic heterocycles. The van der Waals surface area contributed by atoms with Crippen LogP contribution >= 0.6 is 0 Å². The van der Waals surface area contributed by atoms with Gasteiger partial charge in [-0.05, 0) is 47.0 Å². The molecule has 0 amide bonds. The van der Waals surface area contributed by atoms with E-state index in [1.54, 1.807) is 6.07 Å². The van der Waals surface area contributed by atoms with Crippen molar-refractivity contribution in [2.75, 3.05) is 0 Å². The number of fused-ring (bicyclic) bond motifs is 3. The molecule has 25 heavy (non-hydrogen) atoms. The molecular weight excluding hydrogens is 328 g/mol. The van der Waals surface area contributed by atoms with Crippen LogP contribution < -0.4 is 5.38 Å². The second kappa shape index (κ2) is 6.10. The standard InChI is InChI=1S/C21H26O3Si/c1-12(2)25(13(3)4,14(5)6)20-11-16-19(24-20)10-7-15-17(22)8-9-18(23)21(15)16/h7-14H,1-6H3. The fourth-order valence-electron chi connectivity index (χ4n) is 4.97. The van der Waals surface area contributed by atoms with Crippen molar-refractivity contribution in [1.82, 2.24) is 0 Å². The van der Waals surface area contributed by atoms with E-state index in [0.717, 1.165) is 10.8 Å². The molecule has 0 N–H and O–H groups in total. The summed E-state index contributed by atoms with van der Waals surface area (Å²) in [7, 11) is -1.95. The van der Waals surface area contributed by atoms with Crippen LogP contribution in [0, 0.1) is 0 Å². The molecule has 0 fully saturated rings. The summed E-state index contributed by atoms with van der Waals surface area (Å²) >= 11 is 0. The number of ketones is 2. The first kappa shape index (κ1) is 17.9. The van der Waals surface area contributed by atoms with Gasteiger partial charge in [-0.2, -0.15) is 0 Å². The lowest BCUT2D eigenvalue weighted by Crippen LogP contribution is -2.55. The van der Waals surface area contributed by atoms with Crippen molar-refractivity contribution in [1.29, 1.82) is 0 Å². The van der Waals surface area contributed by atoms with Crippen LogP contribution in [0.25, 0.3) is 11.0 Å². The topological polar surface area (TPSA) is 47.3 Å². The average Bonchev–Trinajstić information content (AvgIpc) is 2.93. The highest BCUT2D eigenvalue weighted by atomic mass is 28.3. The van der Waals surface area contributed by atoms with Gasteiger partial charge in [0, 0.05) is 16.5 Å². The minimum absolute atomic E-state index is 0.112. The van der Waals surface area contributed by atoms with E-state index >= 15 is 0 Å². The molecule has 0 radical (unpaired) electrons. The number of hydrogen-bond donors (Lipinski definition) is 0. The van der Waals surface area contributed by atoms with Crippen LogP contribution in [0.4, 0.5) is 0 Å². The Labute approximate surface area is 150 Å². The SMILES string of the molecule is CC(C)[Si](c1cc2c3c(ccc2o1)C(=O)C=CC3=O)(C(C)C)C(C)C. The first-order valence-electron chi connectivity index (χ1n) is 9.05. The van der Waals surface area contributed by atoms with E-state index < -0.39 is 8.07 Å². The Kier molecular flexibility index (Phi) is 4.36. The van der Waals surface area contributed by atoms with Crippen LogP contribution in [0.2, 0.25) is 16.6 Å². The van der Waals surface area contributed by atoms with Gasteiger partial charge >= 0.3 is 0 Å². The molecule has 0 spiro atoms. The summed E-state index contributed by atoms with van der Waals surface area (Å²) in [5.41, 5.74) is 3.24. The largest absolute Gasteiger partial charge is 0.466 e. The van der Waals surface area contributed by atoms with Crippen molar-refractivity contribution in [3.05, 3.63) is 41.5 Å². The zero-order chi connectivity index (χ0) is 18.5. The van der Waals surface area contributed by atoms with Crippen molar-refractivity contribution in [3.8, 4) is 0 Å². The van der Waals surface area contributed by atoms with Crippen molar-refractivity contribution in [2.45, 2.75) is 58.2 Å². The third-order valence-electron chi connectivity index (χ3n) is 5.89. The van der Waals surface area contributed by atoms with E-state index in [4.69, 9.17) is 4.42 Å². The number of carbonyl (C=O) groups is 2. The predicted octanol–water partition coefficient (Wildman–Crippen LogP) is 5.25. The third kappa shape index (κ3) is 2.46. The Bertz CT molecular complexity index is 862. The molecule has 1 aromatic heterocycles. The van der Waals surface area contributed by atoms with Gasteiger partial charge < -0.3 is 4.42 Å². The number of furan rings is 1. The van der Waals surface area contributed by atoms with Crippen LogP contribution in [-0.2, 0) is 0 Å². The minimum atomic E-state index is -1.95. The molecule has 0 saturated heterocycles. The normalized spacial score (nSPS) is 15.1. The van der Waals surface area contributed by atoms with Gasteiger partial charge in [0.1, 0.15) is 13.7 Å². The first-order chi connectivity index (χ1) is 11.7. The van der Waals surface area contributed by atoms with Crippen molar-refractivity contribution in [3.63, 3.8) is 0 Å². The van der Waals surface area contributed by atoms with Gasteiger partial charge in [-0.3, -0.25) is 9.59 Å². The highest BCUT2D eigenvalue weighted by molar-refractivity contribution is 6.94. The van der Waals surface area contributed by atoms with Crippen LogP contribution in [-0.4, -0.2) is 19.6 Å². The Morgan fingerprint density at radius 1 is 0.840 bits per heavy atom. The average molecular weight is 355 g/mol. The molecule has 0 unspecified atom stereocenters. The molecule has 3 rings (SSSR count). The van der Waals surface area contributed by atoms with Gasteiger partial charge in [-0.1, -0.05) is 41.5 Å². The molecule has 132 valence electrons. The summed E-state index contributed by atoms with van der Waals surface area (Å²) in [6.45, 7) is 13.7. The smallest absolute Gasteiger partial charge is 0.187 e. The molecule has 1 aliphatic carbocycles. The van der Waals surface area contributed by atoms with Crippen LogP contribution in [0.3, 0.4) is 0 Å². The van der Waals surface area contributed by atoms with E-state index in [-0.39, 0.29) is 11.6 Å². The van der Waals surface area contributed by atoms with E-state index in [0.29, 0.717) is 33.3 Å². The van der Waals surface area contributed by atoms with Gasteiger partial charge in [-0.15, -0.1) is 0 Å². The van der Waals surface area contributed by atoms with Crippen LogP contribution in [0.5, 0.6) is 0 Å². The maximum atomic E-state index is 12.4. The lowest BCUT2D eigenvalue weighted by Gasteiger charge is -2.40. The molecule has 1 aromatic carbocycles. The summed E-state index contributed by atoms with van der Waals surface area (Å²) in [4.78, 5) is 24.6. The molecule has 1 aliphatic rings. The fourth-order valence-corrected chi connectivity index (χ4v) is 11.4. The maximum absolute atomic E-state index is 12.4. The monoisotopic (exact) mass is 354 g/mol. The molecule has 4 heteroatoms. The summed E-state index contributed by atoms with van der Waals surface area (Å²) in [6.07, 6.45) is 2.72. The van der Waals surface area contributed by atoms with Gasteiger partial charge in [0.05, 0.1) is 5.38 Å². The Morgan fingerprint density at radius 3 is 1.96 bits per heavy atom. The van der Waals surface area contributed by atoms with E-state index in [1.165, 1.54) is 12.2 Å². The zero-order valence-corrected chi connectivity index (χ0v) is 16.8. The number of hydrogen-bond acceptors (Lipinski definition) is 3. The summed E-state index contributed by atoms with van der Waals surface area (Å²) < 4.78 is 6.34. The van der Waals surface area contributed by atoms with Crippen molar-refractivity contribution < 1.29 is 14.0 Å². The number of allylic oxidation sites excluding steroid dienone is 2. The molecule has 0 bridgehead atoms.